The van der Waals surface area contributed by atoms with E-state index in [1.54, 1.807) is 59.1 Å². The molecule has 0 radical (unpaired) electrons. The van der Waals surface area contributed by atoms with Crippen LogP contribution in [-0.4, -0.2) is 23.1 Å². The Kier molecular flexibility index (Phi) is 14.1. The molecular weight excluding hydrogens is 1000 g/mol. The highest BCUT2D eigenvalue weighted by atomic mass is 32.1. The standard InChI is InChI=1S/C62H54O4S6/c1-5-9-15-35(7-3)29-37-23-27-51(69-37)55-45-33-53(49-25-21-39(67-49)31-47-57(63)41-17-11-12-18-42(41)58(47)64)72-62(45)56(52-28-24-38(70-52)30-36(8-4)16-10-6-2)46-34-54(71-61(46)55)50-26-22-40(68-50)32-48-59(65)43-19-13-14-20-44(43)60(48)66/h11-14,17-28,31-36H,5-10,15-16,29-30H2,1-4H3. The van der Waals surface area contributed by atoms with E-state index in [1.807, 2.05) is 81.7 Å². The molecule has 11 rings (SSSR count). The summed E-state index contributed by atoms with van der Waals surface area (Å²) in [6.45, 7) is 9.22. The third-order valence-electron chi connectivity index (χ3n) is 14.5. The molecule has 6 aromatic heterocycles. The number of carbonyl (C=O) groups excluding carboxylic acids is 4. The molecule has 4 nitrogen and oxygen atoms in total. The lowest BCUT2D eigenvalue weighted by Crippen LogP contribution is -2.01. The number of ketones is 4. The molecule has 6 heterocycles. The van der Waals surface area contributed by atoms with E-state index in [2.05, 4.69) is 76.2 Å². The molecule has 0 saturated carbocycles. The molecule has 0 spiro atoms. The van der Waals surface area contributed by atoms with Gasteiger partial charge in [0.1, 0.15) is 0 Å². The first kappa shape index (κ1) is 48.8. The topological polar surface area (TPSA) is 68.3 Å². The lowest BCUT2D eigenvalue weighted by molar-refractivity contribution is 0.0975. The van der Waals surface area contributed by atoms with Gasteiger partial charge in [-0.2, -0.15) is 0 Å². The van der Waals surface area contributed by atoms with Crippen molar-refractivity contribution < 1.29 is 19.2 Å². The van der Waals surface area contributed by atoms with E-state index in [0.29, 0.717) is 34.1 Å². The second-order valence-electron chi connectivity index (χ2n) is 19.2. The van der Waals surface area contributed by atoms with Crippen molar-refractivity contribution in [2.24, 2.45) is 11.8 Å². The summed E-state index contributed by atoms with van der Waals surface area (Å²) in [6, 6.07) is 36.8. The minimum Gasteiger partial charge on any atom is -0.288 e. The predicted molar refractivity (Wildman–Crippen MR) is 311 cm³/mol. The van der Waals surface area contributed by atoms with Gasteiger partial charge in [0, 0.05) is 102 Å². The fraction of sp³-hybridized carbons (Fsp3) is 0.258. The van der Waals surface area contributed by atoms with Crippen LogP contribution < -0.4 is 0 Å². The highest BCUT2D eigenvalue weighted by Gasteiger charge is 2.34. The number of hydrogen-bond donors (Lipinski definition) is 0. The van der Waals surface area contributed by atoms with Crippen LogP contribution in [-0.2, 0) is 12.8 Å². The zero-order valence-electron chi connectivity index (χ0n) is 40.9. The van der Waals surface area contributed by atoms with E-state index < -0.39 is 0 Å². The number of unbranched alkanes of at least 4 members (excludes halogenated alkanes) is 2. The number of hydrogen-bond acceptors (Lipinski definition) is 10. The van der Waals surface area contributed by atoms with Gasteiger partial charge < -0.3 is 0 Å². The van der Waals surface area contributed by atoms with Crippen molar-refractivity contribution >= 4 is 123 Å². The van der Waals surface area contributed by atoms with Crippen LogP contribution in [0, 0.1) is 11.8 Å². The van der Waals surface area contributed by atoms with Crippen molar-refractivity contribution in [1.29, 1.82) is 0 Å². The highest BCUT2D eigenvalue weighted by Crippen LogP contribution is 2.55. The molecule has 0 aliphatic heterocycles. The van der Waals surface area contributed by atoms with Gasteiger partial charge in [-0.05, 0) is 97.5 Å². The number of carbonyl (C=O) groups is 4. The summed E-state index contributed by atoms with van der Waals surface area (Å²) in [5, 5.41) is 2.47. The lowest BCUT2D eigenvalue weighted by atomic mass is 9.95. The van der Waals surface area contributed by atoms with Crippen molar-refractivity contribution in [3.8, 4) is 40.4 Å². The van der Waals surface area contributed by atoms with E-state index in [1.165, 1.54) is 102 Å². The van der Waals surface area contributed by atoms with Crippen LogP contribution in [0.2, 0.25) is 0 Å². The number of fused-ring (bicyclic) bond motifs is 4. The quantitative estimate of drug-likeness (QED) is 0.0634. The second-order valence-corrected chi connectivity index (χ2v) is 25.8. The highest BCUT2D eigenvalue weighted by molar-refractivity contribution is 7.29. The summed E-state index contributed by atoms with van der Waals surface area (Å²) in [4.78, 5) is 65.4. The van der Waals surface area contributed by atoms with E-state index in [4.69, 9.17) is 0 Å². The zero-order chi connectivity index (χ0) is 49.6. The molecule has 3 aromatic carbocycles. The maximum atomic E-state index is 13.4. The Morgan fingerprint density at radius 1 is 0.417 bits per heavy atom. The fourth-order valence-corrected chi connectivity index (χ4v) is 17.5. The molecule has 2 aliphatic rings. The predicted octanol–water partition coefficient (Wildman–Crippen LogP) is 19.5. The Labute approximate surface area is 445 Å². The van der Waals surface area contributed by atoms with Crippen molar-refractivity contribution in [2.75, 3.05) is 0 Å². The normalized spacial score (nSPS) is 14.3. The molecule has 9 aromatic rings. The summed E-state index contributed by atoms with van der Waals surface area (Å²) in [5.41, 5.74) is 4.89. The van der Waals surface area contributed by atoms with Gasteiger partial charge in [-0.25, -0.2) is 0 Å². The van der Waals surface area contributed by atoms with E-state index >= 15 is 0 Å². The Bertz CT molecular complexity index is 3280. The van der Waals surface area contributed by atoms with Crippen LogP contribution in [0.25, 0.3) is 72.7 Å². The van der Waals surface area contributed by atoms with Gasteiger partial charge in [-0.3, -0.25) is 19.2 Å². The van der Waals surface area contributed by atoms with Gasteiger partial charge in [-0.15, -0.1) is 68.0 Å². The molecule has 72 heavy (non-hydrogen) atoms. The Morgan fingerprint density at radius 3 is 1.15 bits per heavy atom. The van der Waals surface area contributed by atoms with Crippen LogP contribution in [0.3, 0.4) is 0 Å². The van der Waals surface area contributed by atoms with Crippen molar-refractivity contribution in [2.45, 2.75) is 91.9 Å². The smallest absolute Gasteiger partial charge is 0.197 e. The average Bonchev–Trinajstić information content (AvgIpc) is 4.28. The summed E-state index contributed by atoms with van der Waals surface area (Å²) in [5.74, 6) is 0.470. The first-order valence-corrected chi connectivity index (χ1v) is 30.3. The van der Waals surface area contributed by atoms with E-state index in [9.17, 15) is 19.2 Å². The summed E-state index contributed by atoms with van der Waals surface area (Å²) in [7, 11) is 0. The van der Waals surface area contributed by atoms with Gasteiger partial charge in [-0.1, -0.05) is 128 Å². The van der Waals surface area contributed by atoms with Crippen LogP contribution in [0.1, 0.15) is 140 Å². The number of rotatable bonds is 18. The Morgan fingerprint density at radius 2 is 0.792 bits per heavy atom. The van der Waals surface area contributed by atoms with Gasteiger partial charge in [0.05, 0.1) is 11.1 Å². The number of thiophene rings is 6. The number of allylic oxidation sites excluding steroid dienone is 2. The molecule has 2 aliphatic carbocycles. The van der Waals surface area contributed by atoms with Gasteiger partial charge >= 0.3 is 0 Å². The molecular formula is C62H54O4S6. The molecule has 362 valence electrons. The number of benzene rings is 3. The Hall–Kier alpha value is -5.46. The first-order chi connectivity index (χ1) is 35.1. The van der Waals surface area contributed by atoms with Crippen molar-refractivity contribution in [3.63, 3.8) is 0 Å². The fourth-order valence-electron chi connectivity index (χ4n) is 10.4. The molecule has 2 atom stereocenters. The van der Waals surface area contributed by atoms with Crippen molar-refractivity contribution in [1.82, 2.24) is 0 Å². The van der Waals surface area contributed by atoms with E-state index in [0.717, 1.165) is 42.1 Å². The van der Waals surface area contributed by atoms with Gasteiger partial charge in [0.25, 0.3) is 0 Å². The van der Waals surface area contributed by atoms with Gasteiger partial charge in [0.15, 0.2) is 23.1 Å². The molecule has 0 bridgehead atoms. The molecule has 0 amide bonds. The van der Waals surface area contributed by atoms with Crippen LogP contribution in [0.15, 0.2) is 120 Å². The monoisotopic (exact) mass is 1050 g/mol. The lowest BCUT2D eigenvalue weighted by Gasteiger charge is -2.13. The summed E-state index contributed by atoms with van der Waals surface area (Å²) in [6.07, 6.45) is 15.5. The van der Waals surface area contributed by atoms with Crippen LogP contribution >= 0.6 is 68.0 Å². The molecule has 2 unspecified atom stereocenters. The average molecular weight is 1060 g/mol. The van der Waals surface area contributed by atoms with Crippen LogP contribution in [0.5, 0.6) is 0 Å². The molecule has 0 saturated heterocycles. The SMILES string of the molecule is CCCCC(CC)Cc1ccc(-c2c3cc(-c4ccc(C=C5C(=O)c6ccccc6C5=O)s4)sc3c(-c3ccc(CC(CC)CCCC)s3)c3cc(-c4ccc(C=C5C(=O)c6ccccc6C5=O)s4)sc23)s1. The minimum absolute atomic E-state index is 0.209. The third-order valence-corrected chi connectivity index (χ3v) is 21.5. The summed E-state index contributed by atoms with van der Waals surface area (Å²) >= 11 is 10.8. The molecule has 0 fully saturated rings. The third kappa shape index (κ3) is 9.17. The molecule has 10 heteroatoms. The van der Waals surface area contributed by atoms with E-state index in [-0.39, 0.29) is 34.3 Å². The van der Waals surface area contributed by atoms with Gasteiger partial charge in [0.2, 0.25) is 0 Å². The second kappa shape index (κ2) is 20.8. The maximum absolute atomic E-state index is 13.4. The Balaban J connectivity index is 1.06. The number of Topliss-reactive ketones (excluding diaryl/α,β-unsaturated/α-hetero) is 4. The zero-order valence-corrected chi connectivity index (χ0v) is 45.8. The first-order valence-electron chi connectivity index (χ1n) is 25.4. The molecule has 0 N–H and O–H groups in total. The van der Waals surface area contributed by atoms with Crippen LogP contribution in [0.4, 0.5) is 0 Å². The maximum Gasteiger partial charge on any atom is 0.197 e. The van der Waals surface area contributed by atoms with Crippen molar-refractivity contribution in [3.05, 3.63) is 162 Å². The largest absolute Gasteiger partial charge is 0.288 e. The minimum atomic E-state index is -0.209. The summed E-state index contributed by atoms with van der Waals surface area (Å²) < 4.78 is 2.51.